The summed E-state index contributed by atoms with van der Waals surface area (Å²) in [5.41, 5.74) is 0.928. The van der Waals surface area contributed by atoms with Gasteiger partial charge in [-0.05, 0) is 20.3 Å². The molecule has 1 atom stereocenters. The Labute approximate surface area is 84.7 Å². The number of anilines is 1. The fourth-order valence-electron chi connectivity index (χ4n) is 1.15. The molecule has 0 fully saturated rings. The molecule has 0 radical (unpaired) electrons. The van der Waals surface area contributed by atoms with Crippen LogP contribution in [0.15, 0.2) is 12.4 Å². The van der Waals surface area contributed by atoms with Gasteiger partial charge >= 0.3 is 0 Å². The van der Waals surface area contributed by atoms with E-state index in [0.717, 1.165) is 24.5 Å². The van der Waals surface area contributed by atoms with E-state index < -0.39 is 0 Å². The van der Waals surface area contributed by atoms with Gasteiger partial charge in [-0.2, -0.15) is 0 Å². The van der Waals surface area contributed by atoms with Gasteiger partial charge in [-0.25, -0.2) is 4.98 Å². The lowest BCUT2D eigenvalue weighted by atomic mass is 10.2. The number of ether oxygens (including phenoxy) is 1. The zero-order valence-corrected chi connectivity index (χ0v) is 8.95. The minimum Gasteiger partial charge on any atom is -0.385 e. The van der Waals surface area contributed by atoms with Crippen molar-refractivity contribution in [2.75, 3.05) is 19.0 Å². The Morgan fingerprint density at radius 2 is 2.14 bits per heavy atom. The minimum atomic E-state index is 0.352. The van der Waals surface area contributed by atoms with Gasteiger partial charge in [0.1, 0.15) is 5.82 Å². The minimum absolute atomic E-state index is 0.352. The summed E-state index contributed by atoms with van der Waals surface area (Å²) in [6.45, 7) is 4.80. The number of nitrogens with one attached hydrogen (secondary N) is 1. The van der Waals surface area contributed by atoms with Crippen LogP contribution in [0.4, 0.5) is 5.82 Å². The summed E-state index contributed by atoms with van der Waals surface area (Å²) in [6.07, 6.45) is 4.35. The maximum atomic E-state index is 5.00. The molecule has 0 aliphatic carbocycles. The van der Waals surface area contributed by atoms with Crippen molar-refractivity contribution >= 4 is 5.82 Å². The summed E-state index contributed by atoms with van der Waals surface area (Å²) in [7, 11) is 1.71. The molecule has 0 spiro atoms. The predicted octanol–water partition coefficient (Wildman–Crippen LogP) is 1.62. The van der Waals surface area contributed by atoms with Crippen LogP contribution < -0.4 is 5.32 Å². The number of methoxy groups -OCH3 is 1. The topological polar surface area (TPSA) is 47.0 Å². The summed E-state index contributed by atoms with van der Waals surface area (Å²) in [5.74, 6) is 0.858. The lowest BCUT2D eigenvalue weighted by Gasteiger charge is -2.14. The molecule has 1 heterocycles. The van der Waals surface area contributed by atoms with Gasteiger partial charge in [0.05, 0.1) is 5.69 Å². The van der Waals surface area contributed by atoms with E-state index in [1.165, 1.54) is 0 Å². The Morgan fingerprint density at radius 3 is 2.79 bits per heavy atom. The van der Waals surface area contributed by atoms with Crippen molar-refractivity contribution in [1.82, 2.24) is 9.97 Å². The van der Waals surface area contributed by atoms with Crippen molar-refractivity contribution < 1.29 is 4.74 Å². The number of hydrogen-bond acceptors (Lipinski definition) is 4. The van der Waals surface area contributed by atoms with Crippen LogP contribution in [0.25, 0.3) is 0 Å². The molecular formula is C10H17N3O. The maximum absolute atomic E-state index is 5.00. The van der Waals surface area contributed by atoms with E-state index in [-0.39, 0.29) is 0 Å². The van der Waals surface area contributed by atoms with E-state index in [0.29, 0.717) is 6.04 Å². The van der Waals surface area contributed by atoms with Crippen LogP contribution in [-0.4, -0.2) is 29.7 Å². The molecule has 0 aromatic carbocycles. The second kappa shape index (κ2) is 5.54. The van der Waals surface area contributed by atoms with Crippen molar-refractivity contribution in [3.05, 3.63) is 18.1 Å². The fourth-order valence-corrected chi connectivity index (χ4v) is 1.15. The number of rotatable bonds is 5. The Kier molecular flexibility index (Phi) is 4.32. The van der Waals surface area contributed by atoms with Gasteiger partial charge in [0.25, 0.3) is 0 Å². The molecule has 1 unspecified atom stereocenters. The molecule has 0 aliphatic heterocycles. The van der Waals surface area contributed by atoms with E-state index in [4.69, 9.17) is 4.74 Å². The van der Waals surface area contributed by atoms with Gasteiger partial charge in [0.15, 0.2) is 0 Å². The highest BCUT2D eigenvalue weighted by molar-refractivity contribution is 5.39. The number of hydrogen-bond donors (Lipinski definition) is 1. The van der Waals surface area contributed by atoms with Gasteiger partial charge in [-0.15, -0.1) is 0 Å². The molecule has 14 heavy (non-hydrogen) atoms. The van der Waals surface area contributed by atoms with Crippen LogP contribution >= 0.6 is 0 Å². The molecule has 4 nitrogen and oxygen atoms in total. The first-order valence-electron chi connectivity index (χ1n) is 4.77. The highest BCUT2D eigenvalue weighted by atomic mass is 16.5. The summed E-state index contributed by atoms with van der Waals surface area (Å²) in [4.78, 5) is 8.37. The van der Waals surface area contributed by atoms with Gasteiger partial charge < -0.3 is 10.1 Å². The largest absolute Gasteiger partial charge is 0.385 e. The van der Waals surface area contributed by atoms with Crippen molar-refractivity contribution in [3.63, 3.8) is 0 Å². The lowest BCUT2D eigenvalue weighted by molar-refractivity contribution is 0.191. The zero-order chi connectivity index (χ0) is 10.4. The summed E-state index contributed by atoms with van der Waals surface area (Å²) < 4.78 is 5.00. The molecule has 1 aromatic rings. The second-order valence-corrected chi connectivity index (χ2v) is 3.32. The molecule has 78 valence electrons. The first-order valence-corrected chi connectivity index (χ1v) is 4.77. The normalized spacial score (nSPS) is 12.5. The quantitative estimate of drug-likeness (QED) is 0.775. The molecule has 1 N–H and O–H groups in total. The van der Waals surface area contributed by atoms with Crippen LogP contribution in [0.3, 0.4) is 0 Å². The third-order valence-electron chi connectivity index (χ3n) is 2.02. The Balaban J connectivity index is 2.47. The molecule has 0 saturated carbocycles. The summed E-state index contributed by atoms with van der Waals surface area (Å²) >= 11 is 0. The van der Waals surface area contributed by atoms with Gasteiger partial charge in [-0.1, -0.05) is 0 Å². The molecule has 0 bridgehead atoms. The second-order valence-electron chi connectivity index (χ2n) is 3.32. The molecule has 0 aliphatic rings. The molecular weight excluding hydrogens is 178 g/mol. The van der Waals surface area contributed by atoms with Crippen LogP contribution in [0.5, 0.6) is 0 Å². The SMILES string of the molecule is COCCC(C)Nc1nccnc1C. The Morgan fingerprint density at radius 1 is 1.43 bits per heavy atom. The van der Waals surface area contributed by atoms with Gasteiger partial charge in [-0.3, -0.25) is 4.98 Å². The molecule has 1 rings (SSSR count). The van der Waals surface area contributed by atoms with Crippen molar-refractivity contribution in [1.29, 1.82) is 0 Å². The number of aromatic nitrogens is 2. The highest BCUT2D eigenvalue weighted by Crippen LogP contribution is 2.08. The van der Waals surface area contributed by atoms with Crippen LogP contribution in [0.2, 0.25) is 0 Å². The third kappa shape index (κ3) is 3.30. The smallest absolute Gasteiger partial charge is 0.147 e. The van der Waals surface area contributed by atoms with Crippen molar-refractivity contribution in [2.24, 2.45) is 0 Å². The molecule has 1 aromatic heterocycles. The zero-order valence-electron chi connectivity index (χ0n) is 8.95. The highest BCUT2D eigenvalue weighted by Gasteiger charge is 2.04. The van der Waals surface area contributed by atoms with E-state index in [2.05, 4.69) is 22.2 Å². The van der Waals surface area contributed by atoms with E-state index in [1.807, 2.05) is 6.92 Å². The van der Waals surface area contributed by atoms with E-state index in [9.17, 15) is 0 Å². The first kappa shape index (κ1) is 10.9. The van der Waals surface area contributed by atoms with Crippen molar-refractivity contribution in [3.8, 4) is 0 Å². The standard InChI is InChI=1S/C10H17N3O/c1-8(4-7-14-3)13-10-9(2)11-5-6-12-10/h5-6,8H,4,7H2,1-3H3,(H,12,13). The molecule has 0 saturated heterocycles. The average molecular weight is 195 g/mol. The fraction of sp³-hybridized carbons (Fsp3) is 0.600. The lowest BCUT2D eigenvalue weighted by Crippen LogP contribution is -2.18. The average Bonchev–Trinajstić information content (AvgIpc) is 2.18. The van der Waals surface area contributed by atoms with E-state index in [1.54, 1.807) is 19.5 Å². The maximum Gasteiger partial charge on any atom is 0.147 e. The Bertz CT molecular complexity index is 278. The number of aryl methyl sites for hydroxylation is 1. The van der Waals surface area contributed by atoms with Crippen LogP contribution in [-0.2, 0) is 4.74 Å². The van der Waals surface area contributed by atoms with Crippen LogP contribution in [0.1, 0.15) is 19.0 Å². The van der Waals surface area contributed by atoms with E-state index >= 15 is 0 Å². The Hall–Kier alpha value is -1.16. The van der Waals surface area contributed by atoms with Gasteiger partial charge in [0, 0.05) is 32.2 Å². The van der Waals surface area contributed by atoms with Gasteiger partial charge in [0.2, 0.25) is 0 Å². The molecule has 0 amide bonds. The predicted molar refractivity (Wildman–Crippen MR) is 56.3 cm³/mol. The monoisotopic (exact) mass is 195 g/mol. The molecule has 4 heteroatoms. The summed E-state index contributed by atoms with van der Waals surface area (Å²) in [5, 5.41) is 3.29. The summed E-state index contributed by atoms with van der Waals surface area (Å²) in [6, 6.07) is 0.352. The van der Waals surface area contributed by atoms with Crippen LogP contribution in [0, 0.1) is 6.92 Å². The van der Waals surface area contributed by atoms with Crippen molar-refractivity contribution in [2.45, 2.75) is 26.3 Å². The third-order valence-corrected chi connectivity index (χ3v) is 2.02. The first-order chi connectivity index (χ1) is 6.74. The number of nitrogens with zero attached hydrogens (tertiary/aromatic N) is 2.